The number of carbonyl (C=O) groups excluding carboxylic acids is 3. The predicted octanol–water partition coefficient (Wildman–Crippen LogP) is 3.40. The molecule has 0 saturated carbocycles. The van der Waals surface area contributed by atoms with Crippen LogP contribution in [0.15, 0.2) is 48.5 Å². The van der Waals surface area contributed by atoms with E-state index in [1.54, 1.807) is 11.2 Å². The molecule has 0 radical (unpaired) electrons. The fraction of sp³-hybridized carbons (Fsp3) is 0.375. The van der Waals surface area contributed by atoms with Crippen molar-refractivity contribution in [1.29, 1.82) is 0 Å². The third-order valence-electron chi connectivity index (χ3n) is 5.89. The molecule has 0 bridgehead atoms. The monoisotopic (exact) mass is 503 g/mol. The zero-order valence-corrected chi connectivity index (χ0v) is 19.2. The molecule has 31 heavy (non-hydrogen) atoms. The van der Waals surface area contributed by atoms with Gasteiger partial charge < -0.3 is 19.7 Å². The van der Waals surface area contributed by atoms with Crippen LogP contribution in [0.5, 0.6) is 0 Å². The first-order valence-corrected chi connectivity index (χ1v) is 10.4. The molecule has 1 aliphatic heterocycles. The summed E-state index contributed by atoms with van der Waals surface area (Å²) in [6, 6.07) is 15.3. The van der Waals surface area contributed by atoms with Gasteiger partial charge in [0.25, 0.3) is 0 Å². The number of likely N-dealkylation sites (tertiary alicyclic amines) is 1. The van der Waals surface area contributed by atoms with Crippen LogP contribution < -0.4 is 5.32 Å². The van der Waals surface area contributed by atoms with Crippen molar-refractivity contribution < 1.29 is 40.2 Å². The normalized spacial score (nSPS) is 15.8. The molecule has 4 rings (SSSR count). The Hall–Kier alpha value is -2.46. The van der Waals surface area contributed by atoms with Crippen molar-refractivity contribution in [1.82, 2.24) is 10.2 Å². The second-order valence-electron chi connectivity index (χ2n) is 7.76. The molecule has 1 aliphatic carbocycles. The Balaban J connectivity index is 0.00000272. The summed E-state index contributed by atoms with van der Waals surface area (Å²) in [4.78, 5) is 37.8. The number of fused-ring (bicyclic) bond motifs is 3. The first-order valence-electron chi connectivity index (χ1n) is 10.4. The summed E-state index contributed by atoms with van der Waals surface area (Å²) < 4.78 is 5.50. The Bertz CT molecular complexity index is 897. The molecule has 1 atom stereocenters. The van der Waals surface area contributed by atoms with Crippen LogP contribution in [-0.4, -0.2) is 48.9 Å². The van der Waals surface area contributed by atoms with E-state index in [9.17, 15) is 14.4 Å². The van der Waals surface area contributed by atoms with E-state index in [-0.39, 0.29) is 45.9 Å². The molecule has 2 aromatic rings. The van der Waals surface area contributed by atoms with Gasteiger partial charge in [-0.25, -0.2) is 4.79 Å². The minimum atomic E-state index is -0.934. The maximum atomic E-state index is 12.7. The zero-order chi connectivity index (χ0) is 20.9. The molecule has 2 amide bonds. The molecule has 0 spiro atoms. The Morgan fingerprint density at radius 3 is 2.16 bits per heavy atom. The molecular weight excluding hydrogens is 476 g/mol. The Morgan fingerprint density at radius 1 is 1.00 bits per heavy atom. The third kappa shape index (κ3) is 5.07. The average molecular weight is 501 g/mol. The van der Waals surface area contributed by atoms with E-state index >= 15 is 0 Å². The van der Waals surface area contributed by atoms with Gasteiger partial charge in [0.05, 0.1) is 6.04 Å². The maximum Gasteiger partial charge on any atom is 0.407 e. The number of hydrogen-bond acceptors (Lipinski definition) is 4. The first-order chi connectivity index (χ1) is 14.7. The Kier molecular flexibility index (Phi) is 8.02. The van der Waals surface area contributed by atoms with Gasteiger partial charge in [-0.3, -0.25) is 11.1 Å². The summed E-state index contributed by atoms with van der Waals surface area (Å²) in [5.74, 6) is -0.302. The Morgan fingerprint density at radius 2 is 1.58 bits per heavy atom. The molecule has 2 aliphatic rings. The van der Waals surface area contributed by atoms with Gasteiger partial charge in [-0.2, -0.15) is 0 Å². The van der Waals surface area contributed by atoms with Gasteiger partial charge in [0.2, 0.25) is 5.91 Å². The fourth-order valence-electron chi connectivity index (χ4n) is 4.40. The standard InChI is InChI=1S/C24H25N2O4.Mo/c27-15-12-22(23(28)26-13-6-1-7-14-26)25-24(29)30-16-21-19-10-4-2-8-17(19)18-9-3-5-11-20(18)21;/h2-5,8-11,21-22H,1,6-7,12-14,16H2,(H,25,29);/q-1;/t22-;/m0./s1. The van der Waals surface area contributed by atoms with E-state index in [0.29, 0.717) is 13.1 Å². The topological polar surface area (TPSA) is 75.7 Å². The van der Waals surface area contributed by atoms with Gasteiger partial charge in [-0.15, -0.1) is 6.42 Å². The molecule has 7 heteroatoms. The van der Waals surface area contributed by atoms with Crippen LogP contribution in [0.4, 0.5) is 4.79 Å². The van der Waals surface area contributed by atoms with E-state index in [0.717, 1.165) is 41.5 Å². The van der Waals surface area contributed by atoms with Gasteiger partial charge in [0, 0.05) is 40.1 Å². The van der Waals surface area contributed by atoms with Crippen molar-refractivity contribution in [2.45, 2.75) is 37.6 Å². The maximum absolute atomic E-state index is 12.7. The van der Waals surface area contributed by atoms with Crippen LogP contribution in [-0.2, 0) is 35.4 Å². The van der Waals surface area contributed by atoms with Crippen molar-refractivity contribution in [3.63, 3.8) is 0 Å². The molecule has 162 valence electrons. The van der Waals surface area contributed by atoms with E-state index in [1.807, 2.05) is 36.4 Å². The average Bonchev–Trinajstić information content (AvgIpc) is 3.11. The number of piperidine rings is 1. The van der Waals surface area contributed by atoms with Crippen molar-refractivity contribution in [3.8, 4) is 11.1 Å². The SMILES string of the molecule is O=[C-]C[C@H](NC(=O)OCC1c2ccccc2-c2ccccc21)C(=O)N1CCCCC1.[Mo]. The van der Waals surface area contributed by atoms with Crippen LogP contribution in [0.2, 0.25) is 0 Å². The summed E-state index contributed by atoms with van der Waals surface area (Å²) in [7, 11) is 0. The number of alkyl carbamates (subject to hydrolysis) is 1. The number of ether oxygens (including phenoxy) is 1. The minimum Gasteiger partial charge on any atom is -0.542 e. The summed E-state index contributed by atoms with van der Waals surface area (Å²) in [5, 5.41) is 2.57. The molecular formula is C24H25MoN2O4-. The minimum absolute atomic E-state index is 0. The zero-order valence-electron chi connectivity index (χ0n) is 17.2. The van der Waals surface area contributed by atoms with Crippen LogP contribution in [0.1, 0.15) is 42.7 Å². The van der Waals surface area contributed by atoms with Crippen LogP contribution in [0.25, 0.3) is 11.1 Å². The van der Waals surface area contributed by atoms with Gasteiger partial charge in [0.1, 0.15) is 6.61 Å². The van der Waals surface area contributed by atoms with E-state index in [1.165, 1.54) is 0 Å². The van der Waals surface area contributed by atoms with Gasteiger partial charge in [-0.1, -0.05) is 48.5 Å². The summed E-state index contributed by atoms with van der Waals surface area (Å²) in [6.45, 7) is 1.47. The van der Waals surface area contributed by atoms with Gasteiger partial charge in [-0.05, 0) is 41.5 Å². The number of carbonyl (C=O) groups is 2. The molecule has 1 heterocycles. The number of hydrogen-bond donors (Lipinski definition) is 1. The fourth-order valence-corrected chi connectivity index (χ4v) is 4.40. The molecule has 1 N–H and O–H groups in total. The largest absolute Gasteiger partial charge is 0.542 e. The predicted molar refractivity (Wildman–Crippen MR) is 113 cm³/mol. The van der Waals surface area contributed by atoms with E-state index < -0.39 is 12.1 Å². The van der Waals surface area contributed by atoms with Crippen LogP contribution in [0.3, 0.4) is 0 Å². The van der Waals surface area contributed by atoms with Crippen LogP contribution in [0, 0.1) is 0 Å². The smallest absolute Gasteiger partial charge is 0.407 e. The molecule has 1 saturated heterocycles. The first kappa shape index (κ1) is 23.2. The van der Waals surface area contributed by atoms with Crippen molar-refractivity contribution >= 4 is 18.3 Å². The van der Waals surface area contributed by atoms with Gasteiger partial charge in [0.15, 0.2) is 0 Å². The van der Waals surface area contributed by atoms with E-state index in [2.05, 4.69) is 17.4 Å². The summed E-state index contributed by atoms with van der Waals surface area (Å²) in [5.41, 5.74) is 4.54. The van der Waals surface area contributed by atoms with Crippen molar-refractivity contribution in [2.24, 2.45) is 0 Å². The van der Waals surface area contributed by atoms with Crippen molar-refractivity contribution in [2.75, 3.05) is 19.7 Å². The number of rotatable bonds is 6. The number of benzene rings is 2. The molecule has 1 fully saturated rings. The third-order valence-corrected chi connectivity index (χ3v) is 5.89. The quantitative estimate of drug-likeness (QED) is 0.487. The van der Waals surface area contributed by atoms with Crippen molar-refractivity contribution in [3.05, 3.63) is 59.7 Å². The number of nitrogens with zero attached hydrogens (tertiary/aromatic N) is 1. The van der Waals surface area contributed by atoms with Gasteiger partial charge >= 0.3 is 6.09 Å². The second kappa shape index (κ2) is 10.7. The summed E-state index contributed by atoms with van der Waals surface area (Å²) >= 11 is 0. The number of nitrogens with one attached hydrogen (secondary N) is 1. The number of amides is 2. The summed E-state index contributed by atoms with van der Waals surface area (Å²) in [6.07, 6.45) is 3.84. The molecule has 2 aromatic carbocycles. The van der Waals surface area contributed by atoms with E-state index in [4.69, 9.17) is 4.74 Å². The molecule has 0 unspecified atom stereocenters. The van der Waals surface area contributed by atoms with Crippen LogP contribution >= 0.6 is 0 Å². The molecule has 0 aromatic heterocycles. The molecule has 6 nitrogen and oxygen atoms in total. The second-order valence-corrected chi connectivity index (χ2v) is 7.76. The Labute approximate surface area is 196 Å².